The molecule has 0 aromatic heterocycles. The van der Waals surface area contributed by atoms with E-state index in [-0.39, 0.29) is 5.41 Å². The molecule has 4 rings (SSSR count). The highest BCUT2D eigenvalue weighted by molar-refractivity contribution is 5.64. The Kier molecular flexibility index (Phi) is 11.4. The van der Waals surface area contributed by atoms with E-state index in [0.717, 1.165) is 43.9 Å². The van der Waals surface area contributed by atoms with Crippen molar-refractivity contribution in [1.29, 1.82) is 5.26 Å². The minimum absolute atomic E-state index is 0.0568. The van der Waals surface area contributed by atoms with Crippen LogP contribution < -0.4 is 0 Å². The molecule has 0 amide bonds. The summed E-state index contributed by atoms with van der Waals surface area (Å²) in [7, 11) is 0. The van der Waals surface area contributed by atoms with Gasteiger partial charge in [-0.05, 0) is 97.8 Å². The molecule has 2 aromatic rings. The van der Waals surface area contributed by atoms with Crippen LogP contribution in [0.1, 0.15) is 152 Å². The summed E-state index contributed by atoms with van der Waals surface area (Å²) in [6.45, 7) is 4.57. The number of rotatable bonds is 13. The summed E-state index contributed by atoms with van der Waals surface area (Å²) in [6, 6.07) is 21.6. The third-order valence-corrected chi connectivity index (χ3v) is 10.1. The van der Waals surface area contributed by atoms with Gasteiger partial charge in [0.2, 0.25) is 0 Å². The second-order valence-electron chi connectivity index (χ2n) is 12.8. The zero-order chi connectivity index (χ0) is 26.6. The molecule has 0 aliphatic heterocycles. The average Bonchev–Trinajstić information content (AvgIpc) is 2.98. The first-order valence-electron chi connectivity index (χ1n) is 16.3. The minimum Gasteiger partial charge on any atom is -0.198 e. The van der Waals surface area contributed by atoms with Gasteiger partial charge < -0.3 is 0 Å². The highest BCUT2D eigenvalue weighted by Crippen LogP contribution is 2.46. The molecule has 0 saturated heterocycles. The molecule has 0 N–H and O–H groups in total. The highest BCUT2D eigenvalue weighted by Gasteiger charge is 2.35. The Morgan fingerprint density at radius 3 is 1.66 bits per heavy atom. The Morgan fingerprint density at radius 2 is 1.13 bits per heavy atom. The lowest BCUT2D eigenvalue weighted by molar-refractivity contribution is 0.223. The van der Waals surface area contributed by atoms with Crippen molar-refractivity contribution in [2.75, 3.05) is 0 Å². The van der Waals surface area contributed by atoms with Crippen molar-refractivity contribution in [3.63, 3.8) is 0 Å². The van der Waals surface area contributed by atoms with Gasteiger partial charge in [0, 0.05) is 0 Å². The molecule has 2 aliphatic carbocycles. The number of hydrogen-bond donors (Lipinski definition) is 0. The van der Waals surface area contributed by atoms with Crippen LogP contribution in [0.15, 0.2) is 48.5 Å². The fourth-order valence-electron chi connectivity index (χ4n) is 7.35. The van der Waals surface area contributed by atoms with Crippen molar-refractivity contribution < 1.29 is 0 Å². The largest absolute Gasteiger partial charge is 0.198 e. The predicted molar refractivity (Wildman–Crippen MR) is 163 cm³/mol. The maximum Gasteiger partial charge on any atom is 0.0689 e. The van der Waals surface area contributed by atoms with Crippen LogP contribution in [0.3, 0.4) is 0 Å². The summed E-state index contributed by atoms with van der Waals surface area (Å²) in [4.78, 5) is 0. The molecule has 0 unspecified atom stereocenters. The predicted octanol–water partition coefficient (Wildman–Crippen LogP) is 11.7. The molecule has 0 heterocycles. The first-order valence-corrected chi connectivity index (χ1v) is 16.3. The van der Waals surface area contributed by atoms with E-state index < -0.39 is 0 Å². The van der Waals surface area contributed by atoms with Gasteiger partial charge in [-0.1, -0.05) is 120 Å². The van der Waals surface area contributed by atoms with Gasteiger partial charge in [-0.2, -0.15) is 5.26 Å². The van der Waals surface area contributed by atoms with Gasteiger partial charge in [-0.25, -0.2) is 0 Å². The first kappa shape index (κ1) is 28.9. The van der Waals surface area contributed by atoms with Crippen LogP contribution in [-0.4, -0.2) is 0 Å². The fourth-order valence-corrected chi connectivity index (χ4v) is 7.35. The third kappa shape index (κ3) is 7.97. The molecule has 1 nitrogen and oxygen atoms in total. The minimum atomic E-state index is -0.0568. The van der Waals surface area contributed by atoms with Crippen molar-refractivity contribution in [3.05, 3.63) is 59.7 Å². The number of unbranched alkanes of at least 4 members (excludes halogenated alkanes) is 6. The molecular formula is C37H53N. The van der Waals surface area contributed by atoms with Gasteiger partial charge in [0.05, 0.1) is 11.5 Å². The summed E-state index contributed by atoms with van der Waals surface area (Å²) in [6.07, 6.45) is 23.3. The third-order valence-electron chi connectivity index (χ3n) is 10.1. The molecule has 0 spiro atoms. The molecule has 0 bridgehead atoms. The van der Waals surface area contributed by atoms with Crippen LogP contribution in [0.25, 0.3) is 11.1 Å². The average molecular weight is 512 g/mol. The second kappa shape index (κ2) is 14.9. The van der Waals surface area contributed by atoms with Gasteiger partial charge in [-0.3, -0.25) is 0 Å². The zero-order valence-electron chi connectivity index (χ0n) is 24.5. The number of hydrogen-bond acceptors (Lipinski definition) is 1. The quantitative estimate of drug-likeness (QED) is 0.245. The Balaban J connectivity index is 1.25. The number of benzene rings is 2. The van der Waals surface area contributed by atoms with Crippen LogP contribution in [0.4, 0.5) is 0 Å². The lowest BCUT2D eigenvalue weighted by Gasteiger charge is -2.35. The molecule has 2 fully saturated rings. The first-order chi connectivity index (χ1) is 18.7. The molecule has 2 saturated carbocycles. The van der Waals surface area contributed by atoms with Gasteiger partial charge in [0.15, 0.2) is 0 Å². The standard InChI is InChI=1S/C37H53N/c1-3-5-7-8-10-26-37(29-38)27-24-36(25-28-37)35-22-20-34(21-23-35)33-18-16-32(17-19-33)31-14-12-30(13-15-31)11-9-6-4-2/h16-23,30-31,36H,3-15,24-28H2,1-2H3. The molecule has 0 atom stereocenters. The SMILES string of the molecule is CCCCCCCC1(C#N)CCC(c2ccc(-c3ccc(C4CCC(CCCCC)CC4)cc3)cc2)CC1. The summed E-state index contributed by atoms with van der Waals surface area (Å²) in [5.41, 5.74) is 5.62. The van der Waals surface area contributed by atoms with Gasteiger partial charge in [0.1, 0.15) is 0 Å². The van der Waals surface area contributed by atoms with E-state index in [9.17, 15) is 5.26 Å². The molecular weight excluding hydrogens is 458 g/mol. The lowest BCUT2D eigenvalue weighted by atomic mass is 9.67. The van der Waals surface area contributed by atoms with Crippen LogP contribution in [-0.2, 0) is 0 Å². The van der Waals surface area contributed by atoms with Crippen molar-refractivity contribution >= 4 is 0 Å². The molecule has 2 aliphatic rings. The van der Waals surface area contributed by atoms with E-state index in [0.29, 0.717) is 5.92 Å². The van der Waals surface area contributed by atoms with Crippen molar-refractivity contribution in [2.45, 2.75) is 141 Å². The number of nitriles is 1. The summed E-state index contributed by atoms with van der Waals surface area (Å²) < 4.78 is 0. The summed E-state index contributed by atoms with van der Waals surface area (Å²) >= 11 is 0. The Hall–Kier alpha value is -2.07. The molecule has 0 radical (unpaired) electrons. The second-order valence-corrected chi connectivity index (χ2v) is 12.8. The zero-order valence-corrected chi connectivity index (χ0v) is 24.5. The van der Waals surface area contributed by atoms with Crippen molar-refractivity contribution in [1.82, 2.24) is 0 Å². The highest BCUT2D eigenvalue weighted by atomic mass is 14.4. The Morgan fingerprint density at radius 1 is 0.632 bits per heavy atom. The normalized spacial score (nSPS) is 25.7. The van der Waals surface area contributed by atoms with E-state index in [1.54, 1.807) is 5.56 Å². The Labute approximate surface area is 234 Å². The molecule has 1 heteroatoms. The monoisotopic (exact) mass is 511 g/mol. The van der Waals surface area contributed by atoms with E-state index >= 15 is 0 Å². The maximum atomic E-state index is 9.97. The van der Waals surface area contributed by atoms with E-state index in [2.05, 4.69) is 68.4 Å². The maximum absolute atomic E-state index is 9.97. The van der Waals surface area contributed by atoms with Gasteiger partial charge in [-0.15, -0.1) is 0 Å². The van der Waals surface area contributed by atoms with Crippen LogP contribution in [0.2, 0.25) is 0 Å². The van der Waals surface area contributed by atoms with E-state index in [1.165, 1.54) is 100 Å². The van der Waals surface area contributed by atoms with Gasteiger partial charge >= 0.3 is 0 Å². The Bertz CT molecular complexity index is 963. The van der Waals surface area contributed by atoms with E-state index in [4.69, 9.17) is 0 Å². The summed E-state index contributed by atoms with van der Waals surface area (Å²) in [5, 5.41) is 9.97. The topological polar surface area (TPSA) is 23.8 Å². The molecule has 38 heavy (non-hydrogen) atoms. The summed E-state index contributed by atoms with van der Waals surface area (Å²) in [5.74, 6) is 2.36. The van der Waals surface area contributed by atoms with Crippen molar-refractivity contribution in [3.8, 4) is 17.2 Å². The van der Waals surface area contributed by atoms with Crippen LogP contribution in [0, 0.1) is 22.7 Å². The van der Waals surface area contributed by atoms with Crippen molar-refractivity contribution in [2.24, 2.45) is 11.3 Å². The number of nitrogens with zero attached hydrogens (tertiary/aromatic N) is 1. The van der Waals surface area contributed by atoms with Crippen LogP contribution in [0.5, 0.6) is 0 Å². The smallest absolute Gasteiger partial charge is 0.0689 e. The lowest BCUT2D eigenvalue weighted by Crippen LogP contribution is -2.25. The molecule has 206 valence electrons. The van der Waals surface area contributed by atoms with Gasteiger partial charge in [0.25, 0.3) is 0 Å². The van der Waals surface area contributed by atoms with E-state index in [1.807, 2.05) is 0 Å². The molecule has 2 aromatic carbocycles. The van der Waals surface area contributed by atoms with Crippen LogP contribution >= 0.6 is 0 Å². The fraction of sp³-hybridized carbons (Fsp3) is 0.649.